The maximum absolute atomic E-state index is 12.4. The molecule has 1 aromatic carbocycles. The van der Waals surface area contributed by atoms with Gasteiger partial charge in [-0.15, -0.1) is 0 Å². The summed E-state index contributed by atoms with van der Waals surface area (Å²) in [5.74, 6) is -1.41. The summed E-state index contributed by atoms with van der Waals surface area (Å²) in [7, 11) is 0.435. The van der Waals surface area contributed by atoms with Crippen LogP contribution in [-0.4, -0.2) is 13.5 Å². The maximum atomic E-state index is 12.4. The van der Waals surface area contributed by atoms with Crippen molar-refractivity contribution >= 4 is 35.7 Å². The fraction of sp³-hybridized carbons (Fsp3) is 0.143. The Bertz CT molecular complexity index is 526. The van der Waals surface area contributed by atoms with Crippen molar-refractivity contribution in [3.63, 3.8) is 0 Å². The van der Waals surface area contributed by atoms with Crippen LogP contribution < -0.4 is 0 Å². The van der Waals surface area contributed by atoms with Gasteiger partial charge in [0.05, 0.1) is 5.56 Å². The minimum absolute atomic E-state index is 0.156. The van der Waals surface area contributed by atoms with Gasteiger partial charge in [-0.1, -0.05) is 15.9 Å². The fourth-order valence-corrected chi connectivity index (χ4v) is 2.55. The van der Waals surface area contributed by atoms with Crippen molar-refractivity contribution in [2.24, 2.45) is 0 Å². The molecule has 0 aromatic heterocycles. The van der Waals surface area contributed by atoms with E-state index in [0.29, 0.717) is 6.07 Å². The standard InChI is InChI=1S/C7H3BrClF3O3S/c8-3-1-4(7(10,11)12)6(13)5(2-3)16(9,14)15/h1-2,13H. The van der Waals surface area contributed by atoms with Gasteiger partial charge in [0, 0.05) is 15.2 Å². The van der Waals surface area contributed by atoms with Crippen LogP contribution in [0.4, 0.5) is 13.2 Å². The van der Waals surface area contributed by atoms with Gasteiger partial charge in [0.15, 0.2) is 0 Å². The summed E-state index contributed by atoms with van der Waals surface area (Å²) in [6.45, 7) is 0. The quantitative estimate of drug-likeness (QED) is 0.800. The number of benzene rings is 1. The zero-order valence-corrected chi connectivity index (χ0v) is 10.4. The van der Waals surface area contributed by atoms with Crippen LogP contribution >= 0.6 is 26.6 Å². The van der Waals surface area contributed by atoms with E-state index >= 15 is 0 Å². The molecular formula is C7H3BrClF3O3S. The maximum Gasteiger partial charge on any atom is 0.420 e. The van der Waals surface area contributed by atoms with Crippen LogP contribution in [0.25, 0.3) is 0 Å². The fourth-order valence-electron chi connectivity index (χ4n) is 0.976. The molecule has 0 bridgehead atoms. The first-order valence-corrected chi connectivity index (χ1v) is 6.68. The van der Waals surface area contributed by atoms with Crippen molar-refractivity contribution in [2.45, 2.75) is 11.1 Å². The van der Waals surface area contributed by atoms with E-state index in [1.807, 2.05) is 0 Å². The van der Waals surface area contributed by atoms with Crippen molar-refractivity contribution in [1.82, 2.24) is 0 Å². The van der Waals surface area contributed by atoms with Crippen molar-refractivity contribution in [3.8, 4) is 5.75 Å². The molecule has 1 aromatic rings. The van der Waals surface area contributed by atoms with Crippen LogP contribution in [0, 0.1) is 0 Å². The number of hydrogen-bond donors (Lipinski definition) is 1. The largest absolute Gasteiger partial charge is 0.506 e. The molecule has 0 heterocycles. The third-order valence-corrected chi connectivity index (χ3v) is 3.40. The molecule has 3 nitrogen and oxygen atoms in total. The highest BCUT2D eigenvalue weighted by Crippen LogP contribution is 2.41. The van der Waals surface area contributed by atoms with E-state index in [4.69, 9.17) is 10.7 Å². The molecule has 0 spiro atoms. The Morgan fingerprint density at radius 3 is 2.19 bits per heavy atom. The molecule has 0 aliphatic carbocycles. The van der Waals surface area contributed by atoms with Crippen LogP contribution in [0.2, 0.25) is 0 Å². The molecule has 0 unspecified atom stereocenters. The van der Waals surface area contributed by atoms with Crippen LogP contribution in [0.3, 0.4) is 0 Å². The monoisotopic (exact) mass is 338 g/mol. The van der Waals surface area contributed by atoms with Crippen LogP contribution in [0.15, 0.2) is 21.5 Å². The number of aromatic hydroxyl groups is 1. The molecule has 16 heavy (non-hydrogen) atoms. The number of halogens is 5. The van der Waals surface area contributed by atoms with Gasteiger partial charge in [0.25, 0.3) is 9.05 Å². The lowest BCUT2D eigenvalue weighted by Gasteiger charge is -2.11. The first-order valence-electron chi connectivity index (χ1n) is 3.58. The second-order valence-electron chi connectivity index (χ2n) is 2.74. The Balaban J connectivity index is 3.64. The van der Waals surface area contributed by atoms with E-state index in [-0.39, 0.29) is 4.47 Å². The van der Waals surface area contributed by atoms with Crippen LogP contribution in [0.5, 0.6) is 5.75 Å². The highest BCUT2D eigenvalue weighted by molar-refractivity contribution is 9.10. The van der Waals surface area contributed by atoms with E-state index < -0.39 is 31.4 Å². The van der Waals surface area contributed by atoms with Crippen LogP contribution in [0.1, 0.15) is 5.56 Å². The Morgan fingerprint density at radius 1 is 1.31 bits per heavy atom. The molecule has 0 fully saturated rings. The number of alkyl halides is 3. The van der Waals surface area contributed by atoms with Gasteiger partial charge >= 0.3 is 6.18 Å². The molecule has 0 radical (unpaired) electrons. The topological polar surface area (TPSA) is 54.4 Å². The summed E-state index contributed by atoms with van der Waals surface area (Å²) in [4.78, 5) is -0.990. The van der Waals surface area contributed by atoms with Gasteiger partial charge in [-0.2, -0.15) is 13.2 Å². The summed E-state index contributed by atoms with van der Waals surface area (Å²) in [5, 5.41) is 9.18. The third kappa shape index (κ3) is 2.80. The number of hydrogen-bond acceptors (Lipinski definition) is 3. The summed E-state index contributed by atoms with van der Waals surface area (Å²) in [6.07, 6.45) is -4.87. The number of rotatable bonds is 1. The molecule has 0 aliphatic rings. The summed E-state index contributed by atoms with van der Waals surface area (Å²) < 4.78 is 58.8. The third-order valence-electron chi connectivity index (χ3n) is 1.61. The predicted molar refractivity (Wildman–Crippen MR) is 53.8 cm³/mol. The predicted octanol–water partition coefficient (Wildman–Crippen LogP) is 3.10. The Labute approximate surface area is 101 Å². The average molecular weight is 340 g/mol. The van der Waals surface area contributed by atoms with Gasteiger partial charge in [-0.05, 0) is 12.1 Å². The first-order chi connectivity index (χ1) is 7.03. The lowest BCUT2D eigenvalue weighted by molar-refractivity contribution is -0.139. The molecule has 0 saturated carbocycles. The van der Waals surface area contributed by atoms with Crippen molar-refractivity contribution < 1.29 is 26.7 Å². The van der Waals surface area contributed by atoms with Crippen molar-refractivity contribution in [2.75, 3.05) is 0 Å². The Morgan fingerprint density at radius 2 is 1.81 bits per heavy atom. The Hall–Kier alpha value is -0.470. The van der Waals surface area contributed by atoms with Gasteiger partial charge < -0.3 is 5.11 Å². The highest BCUT2D eigenvalue weighted by atomic mass is 79.9. The lowest BCUT2D eigenvalue weighted by atomic mass is 10.2. The van der Waals surface area contributed by atoms with E-state index in [1.54, 1.807) is 0 Å². The number of phenols is 1. The minimum atomic E-state index is -4.87. The van der Waals surface area contributed by atoms with E-state index in [1.165, 1.54) is 0 Å². The molecule has 90 valence electrons. The molecular weight excluding hydrogens is 336 g/mol. The second-order valence-corrected chi connectivity index (χ2v) is 6.19. The van der Waals surface area contributed by atoms with Gasteiger partial charge in [-0.25, -0.2) is 8.42 Å². The summed E-state index contributed by atoms with van der Waals surface area (Å²) in [5.41, 5.74) is -1.47. The SMILES string of the molecule is O=S(=O)(Cl)c1cc(Br)cc(C(F)(F)F)c1O. The van der Waals surface area contributed by atoms with E-state index in [2.05, 4.69) is 15.9 Å². The molecule has 0 saturated heterocycles. The number of phenolic OH excluding ortho intramolecular Hbond substituents is 1. The molecule has 1 rings (SSSR count). The first kappa shape index (κ1) is 13.6. The second kappa shape index (κ2) is 4.08. The Kier molecular flexibility index (Phi) is 3.47. The van der Waals surface area contributed by atoms with Crippen molar-refractivity contribution in [3.05, 3.63) is 22.2 Å². The van der Waals surface area contributed by atoms with E-state index in [9.17, 15) is 26.7 Å². The zero-order chi connectivity index (χ0) is 12.7. The lowest BCUT2D eigenvalue weighted by Crippen LogP contribution is -2.07. The van der Waals surface area contributed by atoms with Gasteiger partial charge in [0.1, 0.15) is 10.6 Å². The minimum Gasteiger partial charge on any atom is -0.506 e. The van der Waals surface area contributed by atoms with Gasteiger partial charge in [0.2, 0.25) is 0 Å². The molecule has 1 N–H and O–H groups in total. The average Bonchev–Trinajstić information content (AvgIpc) is 2.04. The molecule has 0 atom stereocenters. The summed E-state index contributed by atoms with van der Waals surface area (Å²) >= 11 is 2.70. The highest BCUT2D eigenvalue weighted by Gasteiger charge is 2.37. The van der Waals surface area contributed by atoms with Gasteiger partial charge in [-0.3, -0.25) is 0 Å². The normalized spacial score (nSPS) is 12.8. The molecule has 9 heteroatoms. The van der Waals surface area contributed by atoms with Crippen molar-refractivity contribution in [1.29, 1.82) is 0 Å². The van der Waals surface area contributed by atoms with E-state index in [0.717, 1.165) is 6.07 Å². The molecule has 0 amide bonds. The summed E-state index contributed by atoms with van der Waals surface area (Å²) in [6, 6.07) is 1.34. The zero-order valence-electron chi connectivity index (χ0n) is 7.22. The molecule has 0 aliphatic heterocycles. The smallest absolute Gasteiger partial charge is 0.420 e. The van der Waals surface area contributed by atoms with Crippen LogP contribution in [-0.2, 0) is 15.2 Å².